The number of carbonyl (C=O) groups is 2. The number of aromatic nitrogens is 2. The number of hydrogen-bond acceptors (Lipinski definition) is 4. The fourth-order valence-electron chi connectivity index (χ4n) is 4.25. The smallest absolute Gasteiger partial charge is 0.320 e. The van der Waals surface area contributed by atoms with E-state index in [9.17, 15) is 19.5 Å². The molecule has 0 saturated carbocycles. The van der Waals surface area contributed by atoms with Gasteiger partial charge in [-0.2, -0.15) is 0 Å². The van der Waals surface area contributed by atoms with Crippen LogP contribution in [0.3, 0.4) is 0 Å². The number of rotatable bonds is 5. The first-order chi connectivity index (χ1) is 16.5. The molecular weight excluding hydrogens is 430 g/mol. The number of carboxylic acid groups (broad SMARTS) is 1. The molecule has 2 heterocycles. The minimum atomic E-state index is -1.35. The Balaban J connectivity index is 1.50. The fraction of sp³-hybridized carbons (Fsp3) is 0.111. The van der Waals surface area contributed by atoms with Crippen molar-refractivity contribution in [2.45, 2.75) is 18.9 Å². The van der Waals surface area contributed by atoms with Crippen LogP contribution in [0.25, 0.3) is 22.6 Å². The molecule has 1 aliphatic rings. The summed E-state index contributed by atoms with van der Waals surface area (Å²) in [5.41, 5.74) is 3.07. The number of carbonyl (C=O) groups excluding carboxylic acids is 1. The van der Waals surface area contributed by atoms with Gasteiger partial charge in [0, 0.05) is 12.2 Å². The quantitative estimate of drug-likeness (QED) is 0.444. The summed E-state index contributed by atoms with van der Waals surface area (Å²) >= 11 is 0. The van der Waals surface area contributed by atoms with Gasteiger partial charge in [0.2, 0.25) is 5.91 Å². The van der Waals surface area contributed by atoms with Gasteiger partial charge < -0.3 is 10.4 Å². The number of hydrogen-bond donors (Lipinski definition) is 2. The molecule has 1 aliphatic heterocycles. The molecule has 34 heavy (non-hydrogen) atoms. The number of amides is 1. The first-order valence-electron chi connectivity index (χ1n) is 10.9. The summed E-state index contributed by atoms with van der Waals surface area (Å²) in [7, 11) is 0. The van der Waals surface area contributed by atoms with Crippen LogP contribution in [0.2, 0.25) is 0 Å². The standard InChI is InChI=1S/C27H21N3O4/c31-25(23(27(33)34)18-9-5-2-6-10-18)28-20-11-12-21-22(16-20)29-24-19(13-14-30(24)26(21)32)15-17-7-3-1-4-8-17/h1-12,15-16,23H,13-14H2,(H,28,31)(H,33,34). The van der Waals surface area contributed by atoms with Crippen molar-refractivity contribution in [2.24, 2.45) is 0 Å². The Morgan fingerprint density at radius 2 is 1.71 bits per heavy atom. The van der Waals surface area contributed by atoms with Crippen LogP contribution in [0.1, 0.15) is 29.3 Å². The van der Waals surface area contributed by atoms with E-state index in [1.807, 2.05) is 36.4 Å². The maximum absolute atomic E-state index is 13.1. The van der Waals surface area contributed by atoms with Gasteiger partial charge in [0.25, 0.3) is 5.56 Å². The molecule has 1 atom stereocenters. The molecule has 0 saturated heterocycles. The van der Waals surface area contributed by atoms with Crippen molar-refractivity contribution < 1.29 is 14.7 Å². The van der Waals surface area contributed by atoms with Gasteiger partial charge in [-0.25, -0.2) is 4.98 Å². The van der Waals surface area contributed by atoms with Crippen LogP contribution < -0.4 is 10.9 Å². The molecule has 168 valence electrons. The Kier molecular flexibility index (Phi) is 5.51. The van der Waals surface area contributed by atoms with Crippen molar-refractivity contribution in [3.8, 4) is 0 Å². The third-order valence-electron chi connectivity index (χ3n) is 5.90. The number of carboxylic acids is 1. The molecule has 7 heteroatoms. The minimum absolute atomic E-state index is 0.137. The Labute approximate surface area is 195 Å². The summed E-state index contributed by atoms with van der Waals surface area (Å²) in [5, 5.41) is 12.7. The van der Waals surface area contributed by atoms with E-state index in [4.69, 9.17) is 4.98 Å². The predicted molar refractivity (Wildman–Crippen MR) is 130 cm³/mol. The maximum Gasteiger partial charge on any atom is 0.320 e. The van der Waals surface area contributed by atoms with Gasteiger partial charge in [-0.05, 0) is 47.4 Å². The summed E-state index contributed by atoms with van der Waals surface area (Å²) in [4.78, 5) is 42.4. The monoisotopic (exact) mass is 451 g/mol. The van der Waals surface area contributed by atoms with E-state index in [2.05, 4.69) is 5.32 Å². The van der Waals surface area contributed by atoms with E-state index in [1.54, 1.807) is 53.1 Å². The van der Waals surface area contributed by atoms with E-state index in [0.717, 1.165) is 11.1 Å². The van der Waals surface area contributed by atoms with Gasteiger partial charge in [-0.3, -0.25) is 19.0 Å². The Morgan fingerprint density at radius 1 is 1.00 bits per heavy atom. The highest BCUT2D eigenvalue weighted by Crippen LogP contribution is 2.28. The van der Waals surface area contributed by atoms with Gasteiger partial charge in [0.1, 0.15) is 5.82 Å². The van der Waals surface area contributed by atoms with Crippen LogP contribution in [0.5, 0.6) is 0 Å². The van der Waals surface area contributed by atoms with Crippen LogP contribution in [0, 0.1) is 0 Å². The van der Waals surface area contributed by atoms with Crippen molar-refractivity contribution in [2.75, 3.05) is 5.32 Å². The highest BCUT2D eigenvalue weighted by molar-refractivity contribution is 6.09. The van der Waals surface area contributed by atoms with E-state index < -0.39 is 17.8 Å². The Morgan fingerprint density at radius 3 is 2.41 bits per heavy atom. The molecule has 3 aromatic carbocycles. The lowest BCUT2D eigenvalue weighted by molar-refractivity contribution is -0.141. The normalized spacial score (nSPS) is 14.6. The number of nitrogens with zero attached hydrogens (tertiary/aromatic N) is 2. The fourth-order valence-corrected chi connectivity index (χ4v) is 4.25. The summed E-state index contributed by atoms with van der Waals surface area (Å²) in [5.74, 6) is -2.65. The van der Waals surface area contributed by atoms with Crippen molar-refractivity contribution in [1.29, 1.82) is 0 Å². The largest absolute Gasteiger partial charge is 0.480 e. The van der Waals surface area contributed by atoms with Crippen molar-refractivity contribution in [3.63, 3.8) is 0 Å². The lowest BCUT2D eigenvalue weighted by atomic mass is 9.98. The first-order valence-corrected chi connectivity index (χ1v) is 10.9. The Bertz CT molecular complexity index is 1490. The maximum atomic E-state index is 13.1. The molecule has 1 amide bonds. The second-order valence-electron chi connectivity index (χ2n) is 8.13. The number of allylic oxidation sites excluding steroid dienone is 1. The predicted octanol–water partition coefficient (Wildman–Crippen LogP) is 4.15. The third kappa shape index (κ3) is 3.99. The van der Waals surface area contributed by atoms with E-state index in [1.165, 1.54) is 0 Å². The molecule has 0 bridgehead atoms. The summed E-state index contributed by atoms with van der Waals surface area (Å²) in [6.45, 7) is 0.561. The van der Waals surface area contributed by atoms with Crippen LogP contribution in [-0.2, 0) is 16.1 Å². The average Bonchev–Trinajstić information content (AvgIpc) is 3.23. The molecule has 1 unspecified atom stereocenters. The highest BCUT2D eigenvalue weighted by atomic mass is 16.4. The minimum Gasteiger partial charge on any atom is -0.480 e. The number of aliphatic carboxylic acids is 1. The SMILES string of the molecule is O=C(O)C(C(=O)Nc1ccc2c(=O)n3c(nc2c1)C(=Cc1ccccc1)CC3)c1ccccc1. The summed E-state index contributed by atoms with van der Waals surface area (Å²) in [6.07, 6.45) is 2.73. The molecule has 7 nitrogen and oxygen atoms in total. The van der Waals surface area contributed by atoms with Gasteiger partial charge >= 0.3 is 5.97 Å². The number of fused-ring (bicyclic) bond motifs is 2. The molecule has 0 fully saturated rings. The first kappa shape index (κ1) is 21.3. The summed E-state index contributed by atoms with van der Waals surface area (Å²) < 4.78 is 1.67. The summed E-state index contributed by atoms with van der Waals surface area (Å²) in [6, 6.07) is 23.0. The van der Waals surface area contributed by atoms with Gasteiger partial charge in [0.05, 0.1) is 10.9 Å². The zero-order valence-electron chi connectivity index (χ0n) is 18.1. The Hall–Kier alpha value is -4.52. The topological polar surface area (TPSA) is 101 Å². The second kappa shape index (κ2) is 8.78. The molecule has 0 radical (unpaired) electrons. The van der Waals surface area contributed by atoms with Gasteiger partial charge in [-0.15, -0.1) is 0 Å². The molecule has 0 spiro atoms. The molecule has 5 rings (SSSR count). The molecular formula is C27H21N3O4. The van der Waals surface area contributed by atoms with E-state index >= 15 is 0 Å². The highest BCUT2D eigenvalue weighted by Gasteiger charge is 2.28. The zero-order chi connectivity index (χ0) is 23.7. The second-order valence-corrected chi connectivity index (χ2v) is 8.13. The molecule has 2 N–H and O–H groups in total. The number of benzene rings is 3. The van der Waals surface area contributed by atoms with E-state index in [-0.39, 0.29) is 5.56 Å². The molecule has 4 aromatic rings. The van der Waals surface area contributed by atoms with E-state index in [0.29, 0.717) is 40.9 Å². The number of nitrogens with one attached hydrogen (secondary N) is 1. The number of anilines is 1. The van der Waals surface area contributed by atoms with Gasteiger partial charge in [0.15, 0.2) is 5.92 Å². The zero-order valence-corrected chi connectivity index (χ0v) is 18.1. The van der Waals surface area contributed by atoms with Crippen molar-refractivity contribution in [1.82, 2.24) is 9.55 Å². The lowest BCUT2D eigenvalue weighted by Crippen LogP contribution is -2.27. The van der Waals surface area contributed by atoms with Crippen molar-refractivity contribution in [3.05, 3.63) is 106 Å². The van der Waals surface area contributed by atoms with Crippen LogP contribution >= 0.6 is 0 Å². The molecule has 0 aliphatic carbocycles. The lowest BCUT2D eigenvalue weighted by Gasteiger charge is -2.14. The third-order valence-corrected chi connectivity index (χ3v) is 5.90. The van der Waals surface area contributed by atoms with Crippen molar-refractivity contribution >= 4 is 40.1 Å². The van der Waals surface area contributed by atoms with Crippen LogP contribution in [0.4, 0.5) is 5.69 Å². The average molecular weight is 451 g/mol. The van der Waals surface area contributed by atoms with Crippen LogP contribution in [0.15, 0.2) is 83.7 Å². The van der Waals surface area contributed by atoms with Gasteiger partial charge in [-0.1, -0.05) is 60.7 Å². The molecule has 1 aromatic heterocycles. The van der Waals surface area contributed by atoms with Crippen LogP contribution in [-0.4, -0.2) is 26.5 Å².